The molecule has 4 rings (SSSR count). The van der Waals surface area contributed by atoms with Crippen LogP contribution >= 0.6 is 0 Å². The monoisotopic (exact) mass is 360 g/mol. The Labute approximate surface area is 160 Å². The molecule has 0 saturated heterocycles. The van der Waals surface area contributed by atoms with Gasteiger partial charge in [0, 0.05) is 12.1 Å². The standard InChI is InChI=1S/C23H24N2O2/c1-24(2)15-21-14-20-12-13-25(16-22(20)27-21)23(26)19-10-8-18(9-11-19)17-6-4-3-5-7-17/h3-11,14H,12-13,15-16H2,1-2H3. The summed E-state index contributed by atoms with van der Waals surface area (Å²) in [5.74, 6) is 1.95. The van der Waals surface area contributed by atoms with Crippen LogP contribution in [0.1, 0.15) is 27.4 Å². The lowest BCUT2D eigenvalue weighted by Crippen LogP contribution is -2.35. The van der Waals surface area contributed by atoms with Gasteiger partial charge in [0.15, 0.2) is 0 Å². The Morgan fingerprint density at radius 3 is 2.44 bits per heavy atom. The normalized spacial score (nSPS) is 13.7. The van der Waals surface area contributed by atoms with Gasteiger partial charge in [-0.15, -0.1) is 0 Å². The molecule has 0 bridgehead atoms. The maximum atomic E-state index is 12.9. The number of carbonyl (C=O) groups excluding carboxylic acids is 1. The molecule has 0 N–H and O–H groups in total. The van der Waals surface area contributed by atoms with Gasteiger partial charge in [0.05, 0.1) is 13.1 Å². The smallest absolute Gasteiger partial charge is 0.254 e. The van der Waals surface area contributed by atoms with Crippen molar-refractivity contribution in [1.29, 1.82) is 0 Å². The summed E-state index contributed by atoms with van der Waals surface area (Å²) < 4.78 is 5.97. The maximum absolute atomic E-state index is 12.9. The van der Waals surface area contributed by atoms with Crippen molar-refractivity contribution < 1.29 is 9.21 Å². The highest BCUT2D eigenvalue weighted by Gasteiger charge is 2.25. The number of nitrogens with zero attached hydrogens (tertiary/aromatic N) is 2. The first-order valence-electron chi connectivity index (χ1n) is 9.30. The number of furan rings is 1. The van der Waals surface area contributed by atoms with Gasteiger partial charge in [-0.3, -0.25) is 4.79 Å². The van der Waals surface area contributed by atoms with Gasteiger partial charge in [0.25, 0.3) is 5.91 Å². The average molecular weight is 360 g/mol. The first-order valence-corrected chi connectivity index (χ1v) is 9.30. The molecule has 0 atom stereocenters. The molecule has 27 heavy (non-hydrogen) atoms. The van der Waals surface area contributed by atoms with Crippen LogP contribution in [0.3, 0.4) is 0 Å². The molecule has 4 nitrogen and oxygen atoms in total. The Hall–Kier alpha value is -2.85. The van der Waals surface area contributed by atoms with Crippen LogP contribution in [0.15, 0.2) is 65.1 Å². The fraction of sp³-hybridized carbons (Fsp3) is 0.261. The third-order valence-electron chi connectivity index (χ3n) is 4.93. The van der Waals surface area contributed by atoms with E-state index in [1.54, 1.807) is 0 Å². The highest BCUT2D eigenvalue weighted by atomic mass is 16.3. The van der Waals surface area contributed by atoms with Crippen molar-refractivity contribution in [2.45, 2.75) is 19.5 Å². The molecule has 138 valence electrons. The van der Waals surface area contributed by atoms with Crippen LogP contribution in [-0.2, 0) is 19.5 Å². The number of amides is 1. The molecular formula is C23H24N2O2. The summed E-state index contributed by atoms with van der Waals surface area (Å²) in [6, 6.07) is 20.2. The molecule has 0 aliphatic carbocycles. The fourth-order valence-electron chi connectivity index (χ4n) is 3.56. The number of carbonyl (C=O) groups is 1. The van der Waals surface area contributed by atoms with Crippen molar-refractivity contribution >= 4 is 5.91 Å². The van der Waals surface area contributed by atoms with Crippen LogP contribution < -0.4 is 0 Å². The van der Waals surface area contributed by atoms with Crippen LogP contribution in [0.5, 0.6) is 0 Å². The van der Waals surface area contributed by atoms with Gasteiger partial charge in [-0.2, -0.15) is 0 Å². The minimum Gasteiger partial charge on any atom is -0.463 e. The van der Waals surface area contributed by atoms with Gasteiger partial charge >= 0.3 is 0 Å². The Bertz CT molecular complexity index is 927. The minimum atomic E-state index is 0.0609. The number of hydrogen-bond donors (Lipinski definition) is 0. The van der Waals surface area contributed by atoms with E-state index in [9.17, 15) is 4.79 Å². The first-order chi connectivity index (χ1) is 13.1. The maximum Gasteiger partial charge on any atom is 0.254 e. The predicted octanol–water partition coefficient (Wildman–Crippen LogP) is 4.21. The Kier molecular flexibility index (Phi) is 4.82. The molecule has 1 aliphatic heterocycles. The van der Waals surface area contributed by atoms with E-state index in [0.717, 1.165) is 47.7 Å². The number of hydrogen-bond acceptors (Lipinski definition) is 3. The average Bonchev–Trinajstić information content (AvgIpc) is 3.09. The number of fused-ring (bicyclic) bond motifs is 1. The Balaban J connectivity index is 1.48. The van der Waals surface area contributed by atoms with E-state index < -0.39 is 0 Å². The molecule has 1 amide bonds. The van der Waals surface area contributed by atoms with Crippen LogP contribution in [-0.4, -0.2) is 36.3 Å². The molecule has 0 fully saturated rings. The van der Waals surface area contributed by atoms with E-state index in [2.05, 4.69) is 23.1 Å². The largest absolute Gasteiger partial charge is 0.463 e. The van der Waals surface area contributed by atoms with Crippen molar-refractivity contribution in [2.75, 3.05) is 20.6 Å². The Morgan fingerprint density at radius 1 is 1.04 bits per heavy atom. The number of benzene rings is 2. The lowest BCUT2D eigenvalue weighted by atomic mass is 10.0. The van der Waals surface area contributed by atoms with E-state index in [1.165, 1.54) is 5.56 Å². The number of rotatable bonds is 4. The van der Waals surface area contributed by atoms with Crippen molar-refractivity contribution in [3.63, 3.8) is 0 Å². The first kappa shape index (κ1) is 17.6. The van der Waals surface area contributed by atoms with Crippen LogP contribution in [0, 0.1) is 0 Å². The second kappa shape index (κ2) is 7.41. The minimum absolute atomic E-state index is 0.0609. The second-order valence-electron chi connectivity index (χ2n) is 7.32. The highest BCUT2D eigenvalue weighted by molar-refractivity contribution is 5.94. The third-order valence-corrected chi connectivity index (χ3v) is 4.93. The zero-order valence-corrected chi connectivity index (χ0v) is 15.8. The summed E-state index contributed by atoms with van der Waals surface area (Å²) in [6.45, 7) is 2.05. The van der Waals surface area contributed by atoms with E-state index >= 15 is 0 Å². The van der Waals surface area contributed by atoms with Crippen molar-refractivity contribution in [3.8, 4) is 11.1 Å². The van der Waals surface area contributed by atoms with Crippen LogP contribution in [0.2, 0.25) is 0 Å². The highest BCUT2D eigenvalue weighted by Crippen LogP contribution is 2.25. The van der Waals surface area contributed by atoms with Gasteiger partial charge in [-0.25, -0.2) is 0 Å². The van der Waals surface area contributed by atoms with Crippen LogP contribution in [0.25, 0.3) is 11.1 Å². The molecule has 2 aromatic carbocycles. The van der Waals surface area contributed by atoms with E-state index in [0.29, 0.717) is 6.54 Å². The van der Waals surface area contributed by atoms with E-state index in [4.69, 9.17) is 4.42 Å². The van der Waals surface area contributed by atoms with Crippen molar-refractivity contribution in [1.82, 2.24) is 9.80 Å². The topological polar surface area (TPSA) is 36.7 Å². The Morgan fingerprint density at radius 2 is 1.74 bits per heavy atom. The second-order valence-corrected chi connectivity index (χ2v) is 7.32. The lowest BCUT2D eigenvalue weighted by Gasteiger charge is -2.26. The summed E-state index contributed by atoms with van der Waals surface area (Å²) in [7, 11) is 4.05. The van der Waals surface area contributed by atoms with E-state index in [-0.39, 0.29) is 5.91 Å². The molecule has 0 radical (unpaired) electrons. The van der Waals surface area contributed by atoms with Crippen molar-refractivity contribution in [2.24, 2.45) is 0 Å². The molecule has 2 heterocycles. The predicted molar refractivity (Wildman–Crippen MR) is 106 cm³/mol. The van der Waals surface area contributed by atoms with Crippen molar-refractivity contribution in [3.05, 3.63) is 83.3 Å². The zero-order valence-electron chi connectivity index (χ0n) is 15.8. The summed E-state index contributed by atoms with van der Waals surface area (Å²) in [5, 5.41) is 0. The fourth-order valence-corrected chi connectivity index (χ4v) is 3.56. The van der Waals surface area contributed by atoms with Gasteiger partial charge in [0.1, 0.15) is 11.5 Å². The third kappa shape index (κ3) is 3.81. The summed E-state index contributed by atoms with van der Waals surface area (Å²) in [4.78, 5) is 16.9. The van der Waals surface area contributed by atoms with Gasteiger partial charge in [-0.1, -0.05) is 42.5 Å². The lowest BCUT2D eigenvalue weighted by molar-refractivity contribution is 0.0719. The van der Waals surface area contributed by atoms with E-state index in [1.807, 2.05) is 61.5 Å². The zero-order chi connectivity index (χ0) is 18.8. The molecule has 1 aliphatic rings. The summed E-state index contributed by atoms with van der Waals surface area (Å²) in [5.41, 5.74) is 4.23. The molecule has 0 saturated carbocycles. The SMILES string of the molecule is CN(C)Cc1cc2c(o1)CN(C(=O)c1ccc(-c3ccccc3)cc1)CC2. The molecule has 1 aromatic heterocycles. The molecular weight excluding hydrogens is 336 g/mol. The summed E-state index contributed by atoms with van der Waals surface area (Å²) in [6.07, 6.45) is 0.847. The van der Waals surface area contributed by atoms with Crippen LogP contribution in [0.4, 0.5) is 0 Å². The molecule has 4 heteroatoms. The quantitative estimate of drug-likeness (QED) is 0.699. The summed E-state index contributed by atoms with van der Waals surface area (Å²) >= 11 is 0. The van der Waals surface area contributed by atoms with Gasteiger partial charge < -0.3 is 14.2 Å². The van der Waals surface area contributed by atoms with Gasteiger partial charge in [0.2, 0.25) is 0 Å². The van der Waals surface area contributed by atoms with Gasteiger partial charge in [-0.05, 0) is 55.4 Å². The molecule has 0 spiro atoms. The molecule has 3 aromatic rings. The molecule has 0 unspecified atom stereocenters.